The highest BCUT2D eigenvalue weighted by atomic mass is 35.5. The third-order valence-corrected chi connectivity index (χ3v) is 3.95. The number of nitrogens with one attached hydrogen (secondary N) is 1. The lowest BCUT2D eigenvalue weighted by Gasteiger charge is -2.24. The van der Waals surface area contributed by atoms with E-state index in [1.54, 1.807) is 32.0 Å². The molecule has 0 fully saturated rings. The maximum absolute atomic E-state index is 12.5. The summed E-state index contributed by atoms with van der Waals surface area (Å²) in [5.74, 6) is -0.576. The number of nitrogens with two attached hydrogens (primary N) is 2. The molecule has 2 rings (SSSR count). The van der Waals surface area contributed by atoms with Crippen molar-refractivity contribution in [3.63, 3.8) is 0 Å². The van der Waals surface area contributed by atoms with E-state index in [4.69, 9.17) is 23.1 Å². The monoisotopic (exact) mass is 365 g/mol. The van der Waals surface area contributed by atoms with Crippen LogP contribution in [0.2, 0.25) is 5.02 Å². The van der Waals surface area contributed by atoms with Gasteiger partial charge in [-0.05, 0) is 18.1 Å². The molecule has 1 unspecified atom stereocenters. The number of aliphatic imine (C=N–C) groups is 1. The summed E-state index contributed by atoms with van der Waals surface area (Å²) in [5.41, 5.74) is 11.1. The van der Waals surface area contributed by atoms with Gasteiger partial charge in [0.25, 0.3) is 5.91 Å². The second kappa shape index (κ2) is 7.64. The van der Waals surface area contributed by atoms with E-state index >= 15 is 0 Å². The molecule has 2 aromatic rings. The number of halogens is 1. The number of fused-ring (bicyclic) bond motifs is 1. The Hall–Kier alpha value is -2.42. The standard InChI is InChI=1S/C16H20ClN5O3/c1-7(2)12(15(24)25)21-14(23)8-3-4-9-10(5-8)13(22-16(18)19)20-6-11(9)17/h3-7,12,15,24-25H,1-2H3,(H,21,23)(H4,18,19,20,22). The highest BCUT2D eigenvalue weighted by Gasteiger charge is 2.23. The molecule has 0 bridgehead atoms. The number of carbonyl (C=O) groups excluding carboxylic acids is 1. The van der Waals surface area contributed by atoms with Gasteiger partial charge in [0.05, 0.1) is 11.1 Å². The van der Waals surface area contributed by atoms with E-state index in [1.165, 1.54) is 6.20 Å². The van der Waals surface area contributed by atoms with Crippen LogP contribution in [-0.4, -0.2) is 39.4 Å². The quantitative estimate of drug-likeness (QED) is 0.301. The van der Waals surface area contributed by atoms with Crippen LogP contribution in [-0.2, 0) is 0 Å². The van der Waals surface area contributed by atoms with E-state index in [0.29, 0.717) is 15.8 Å². The van der Waals surface area contributed by atoms with Gasteiger partial charge in [0.15, 0.2) is 18.1 Å². The van der Waals surface area contributed by atoms with Crippen molar-refractivity contribution in [2.45, 2.75) is 26.2 Å². The second-order valence-corrected chi connectivity index (χ2v) is 6.29. The van der Waals surface area contributed by atoms with Gasteiger partial charge in [-0.1, -0.05) is 31.5 Å². The van der Waals surface area contributed by atoms with Crippen molar-refractivity contribution in [2.75, 3.05) is 0 Å². The van der Waals surface area contributed by atoms with E-state index in [9.17, 15) is 15.0 Å². The fourth-order valence-corrected chi connectivity index (χ4v) is 2.58. The third kappa shape index (κ3) is 4.36. The molecule has 8 nitrogen and oxygen atoms in total. The maximum Gasteiger partial charge on any atom is 0.251 e. The number of rotatable bonds is 5. The fourth-order valence-electron chi connectivity index (χ4n) is 2.37. The molecule has 0 aliphatic rings. The Morgan fingerprint density at radius 1 is 1.28 bits per heavy atom. The Balaban J connectivity index is 2.46. The molecule has 0 aliphatic carbocycles. The summed E-state index contributed by atoms with van der Waals surface area (Å²) in [7, 11) is 0. The molecule has 0 radical (unpaired) electrons. The largest absolute Gasteiger partial charge is 0.370 e. The fraction of sp³-hybridized carbons (Fsp3) is 0.312. The van der Waals surface area contributed by atoms with Gasteiger partial charge in [-0.15, -0.1) is 0 Å². The Labute approximate surface area is 149 Å². The molecule has 1 aromatic heterocycles. The van der Waals surface area contributed by atoms with Crippen LogP contribution in [0.5, 0.6) is 0 Å². The number of carbonyl (C=O) groups is 1. The number of amides is 1. The summed E-state index contributed by atoms with van der Waals surface area (Å²) < 4.78 is 0. The second-order valence-electron chi connectivity index (χ2n) is 5.88. The Bertz CT molecular complexity index is 811. The Kier molecular flexibility index (Phi) is 5.78. The zero-order valence-electron chi connectivity index (χ0n) is 13.8. The molecular formula is C16H20ClN5O3. The third-order valence-electron chi connectivity index (χ3n) is 3.65. The summed E-state index contributed by atoms with van der Waals surface area (Å²) >= 11 is 6.12. The molecule has 0 aliphatic heterocycles. The lowest BCUT2D eigenvalue weighted by molar-refractivity contribution is -0.0751. The molecule has 7 N–H and O–H groups in total. The van der Waals surface area contributed by atoms with Crippen LogP contribution in [0.25, 0.3) is 10.8 Å². The number of aromatic nitrogens is 1. The summed E-state index contributed by atoms with van der Waals surface area (Å²) in [5, 5.41) is 22.9. The molecule has 9 heteroatoms. The number of hydrogen-bond acceptors (Lipinski definition) is 5. The molecule has 0 saturated heterocycles. The normalized spacial score (nSPS) is 12.4. The van der Waals surface area contributed by atoms with Crippen molar-refractivity contribution in [1.29, 1.82) is 0 Å². The molecular weight excluding hydrogens is 346 g/mol. The summed E-state index contributed by atoms with van der Waals surface area (Å²) in [6, 6.07) is 3.97. The number of nitrogens with zero attached hydrogens (tertiary/aromatic N) is 2. The first-order valence-corrected chi connectivity index (χ1v) is 7.93. The molecule has 0 spiro atoms. The Morgan fingerprint density at radius 3 is 2.52 bits per heavy atom. The van der Waals surface area contributed by atoms with Crippen LogP contribution in [0.4, 0.5) is 5.82 Å². The zero-order valence-corrected chi connectivity index (χ0v) is 14.5. The summed E-state index contributed by atoms with van der Waals surface area (Å²) in [6.45, 7) is 3.54. The van der Waals surface area contributed by atoms with E-state index < -0.39 is 18.2 Å². The minimum Gasteiger partial charge on any atom is -0.370 e. The Morgan fingerprint density at radius 2 is 1.96 bits per heavy atom. The minimum atomic E-state index is -1.67. The lowest BCUT2D eigenvalue weighted by atomic mass is 10.0. The summed E-state index contributed by atoms with van der Waals surface area (Å²) in [4.78, 5) is 20.5. The van der Waals surface area contributed by atoms with Crippen molar-refractivity contribution in [1.82, 2.24) is 10.3 Å². The highest BCUT2D eigenvalue weighted by Crippen LogP contribution is 2.30. The number of hydrogen-bond donors (Lipinski definition) is 5. The topological polar surface area (TPSA) is 147 Å². The van der Waals surface area contributed by atoms with Gasteiger partial charge in [-0.3, -0.25) is 4.79 Å². The van der Waals surface area contributed by atoms with Gasteiger partial charge in [-0.2, -0.15) is 4.99 Å². The van der Waals surface area contributed by atoms with Crippen molar-refractivity contribution in [3.8, 4) is 0 Å². The molecule has 1 amide bonds. The van der Waals surface area contributed by atoms with Crippen LogP contribution < -0.4 is 16.8 Å². The highest BCUT2D eigenvalue weighted by molar-refractivity contribution is 6.35. The molecule has 1 atom stereocenters. The predicted molar refractivity (Wildman–Crippen MR) is 96.5 cm³/mol. The van der Waals surface area contributed by atoms with Crippen LogP contribution >= 0.6 is 11.6 Å². The number of pyridine rings is 1. The smallest absolute Gasteiger partial charge is 0.251 e. The van der Waals surface area contributed by atoms with Crippen molar-refractivity contribution in [2.24, 2.45) is 22.4 Å². The number of aliphatic hydroxyl groups is 2. The first-order valence-electron chi connectivity index (χ1n) is 7.55. The first kappa shape index (κ1) is 18.9. The van der Waals surface area contributed by atoms with Crippen LogP contribution in [0.15, 0.2) is 29.4 Å². The van der Waals surface area contributed by atoms with Gasteiger partial charge in [0.2, 0.25) is 0 Å². The van der Waals surface area contributed by atoms with Crippen LogP contribution in [0.3, 0.4) is 0 Å². The number of guanidine groups is 1. The number of benzene rings is 1. The van der Waals surface area contributed by atoms with E-state index in [2.05, 4.69) is 15.3 Å². The summed E-state index contributed by atoms with van der Waals surface area (Å²) in [6.07, 6.45) is -0.250. The molecule has 1 aromatic carbocycles. The van der Waals surface area contributed by atoms with Crippen molar-refractivity contribution < 1.29 is 15.0 Å². The average Bonchev–Trinajstić information content (AvgIpc) is 2.53. The minimum absolute atomic E-state index is 0.169. The predicted octanol–water partition coefficient (Wildman–Crippen LogP) is 0.858. The SMILES string of the molecule is CC(C)C(NC(=O)c1ccc2c(Cl)cnc(N=C(N)N)c2c1)C(O)O. The van der Waals surface area contributed by atoms with Gasteiger partial charge in [-0.25, -0.2) is 4.98 Å². The van der Waals surface area contributed by atoms with Crippen LogP contribution in [0, 0.1) is 5.92 Å². The van der Waals surface area contributed by atoms with E-state index in [1.807, 2.05) is 0 Å². The molecule has 1 heterocycles. The lowest BCUT2D eigenvalue weighted by Crippen LogP contribution is -2.46. The molecule has 25 heavy (non-hydrogen) atoms. The van der Waals surface area contributed by atoms with Crippen molar-refractivity contribution in [3.05, 3.63) is 35.0 Å². The van der Waals surface area contributed by atoms with Gasteiger partial charge < -0.3 is 27.0 Å². The van der Waals surface area contributed by atoms with Gasteiger partial charge in [0, 0.05) is 22.5 Å². The van der Waals surface area contributed by atoms with Gasteiger partial charge in [0.1, 0.15) is 0 Å². The van der Waals surface area contributed by atoms with E-state index in [0.717, 1.165) is 0 Å². The van der Waals surface area contributed by atoms with Gasteiger partial charge >= 0.3 is 0 Å². The number of aliphatic hydroxyl groups excluding tert-OH is 1. The average molecular weight is 366 g/mol. The maximum atomic E-state index is 12.5. The zero-order chi connectivity index (χ0) is 18.7. The molecule has 0 saturated carbocycles. The van der Waals surface area contributed by atoms with Crippen molar-refractivity contribution >= 4 is 40.1 Å². The van der Waals surface area contributed by atoms with Crippen LogP contribution in [0.1, 0.15) is 24.2 Å². The van der Waals surface area contributed by atoms with E-state index in [-0.39, 0.29) is 23.3 Å². The first-order chi connectivity index (χ1) is 11.7. The molecule has 134 valence electrons.